The smallest absolute Gasteiger partial charge is 0.408 e. The summed E-state index contributed by atoms with van der Waals surface area (Å²) >= 11 is 0. The Kier molecular flexibility index (Phi) is 9.58. The molecule has 0 bridgehead atoms. The quantitative estimate of drug-likeness (QED) is 0.491. The largest absolute Gasteiger partial charge is 0.480 e. The molecule has 10 heteroatoms. The molecule has 0 aromatic rings. The lowest BCUT2D eigenvalue weighted by Crippen LogP contribution is -2.52. The van der Waals surface area contributed by atoms with Crippen LogP contribution in [-0.4, -0.2) is 70.4 Å². The summed E-state index contributed by atoms with van der Waals surface area (Å²) in [6, 6.07) is -1.79. The molecule has 1 rings (SSSR count). The number of nitrogens with zero attached hydrogens (tertiary/aromatic N) is 1. The molecule has 0 saturated carbocycles. The van der Waals surface area contributed by atoms with E-state index in [2.05, 4.69) is 10.6 Å². The van der Waals surface area contributed by atoms with E-state index >= 15 is 0 Å². The van der Waals surface area contributed by atoms with E-state index in [9.17, 15) is 24.3 Å². The van der Waals surface area contributed by atoms with Crippen molar-refractivity contribution >= 4 is 24.1 Å². The third-order valence-corrected chi connectivity index (χ3v) is 4.40. The monoisotopic (exact) mass is 443 g/mol. The molecule has 0 spiro atoms. The van der Waals surface area contributed by atoms with E-state index in [-0.39, 0.29) is 6.42 Å². The van der Waals surface area contributed by atoms with E-state index in [1.165, 1.54) is 4.90 Å². The van der Waals surface area contributed by atoms with Crippen molar-refractivity contribution in [3.8, 4) is 0 Å². The van der Waals surface area contributed by atoms with Crippen molar-refractivity contribution in [1.29, 1.82) is 0 Å². The fourth-order valence-electron chi connectivity index (χ4n) is 3.17. The van der Waals surface area contributed by atoms with Gasteiger partial charge in [-0.05, 0) is 73.6 Å². The summed E-state index contributed by atoms with van der Waals surface area (Å²) < 4.78 is 10.4. The van der Waals surface area contributed by atoms with Crippen LogP contribution in [0.25, 0.3) is 0 Å². The molecular formula is C21H37N3O7. The number of carbonyl (C=O) groups is 4. The topological polar surface area (TPSA) is 134 Å². The van der Waals surface area contributed by atoms with Crippen molar-refractivity contribution in [1.82, 2.24) is 15.5 Å². The molecular weight excluding hydrogens is 406 g/mol. The molecule has 3 amide bonds. The van der Waals surface area contributed by atoms with Crippen LogP contribution in [0, 0.1) is 0 Å². The first kappa shape index (κ1) is 26.5. The van der Waals surface area contributed by atoms with Crippen molar-refractivity contribution in [3.05, 3.63) is 0 Å². The maximum Gasteiger partial charge on any atom is 0.408 e. The Morgan fingerprint density at radius 3 is 2.13 bits per heavy atom. The molecule has 3 N–H and O–H groups in total. The highest BCUT2D eigenvalue weighted by Gasteiger charge is 2.37. The Bertz CT molecular complexity index is 652. The number of hydrogen-bond donors (Lipinski definition) is 3. The number of likely N-dealkylation sites (tertiary alicyclic amines) is 1. The highest BCUT2D eigenvalue weighted by Crippen LogP contribution is 2.20. The number of carboxylic acids is 1. The van der Waals surface area contributed by atoms with Gasteiger partial charge in [0.1, 0.15) is 23.3 Å². The lowest BCUT2D eigenvalue weighted by molar-refractivity contribution is -0.149. The first-order valence-electron chi connectivity index (χ1n) is 10.7. The first-order valence-corrected chi connectivity index (χ1v) is 10.7. The van der Waals surface area contributed by atoms with Crippen LogP contribution in [-0.2, 0) is 19.1 Å². The third-order valence-electron chi connectivity index (χ3n) is 4.40. The van der Waals surface area contributed by atoms with Gasteiger partial charge in [-0.15, -0.1) is 0 Å². The minimum atomic E-state index is -1.05. The SMILES string of the molecule is CC(C)(C)OC(=O)NCCCCC(NC(=O)OC(C)(C)C)C(=O)N1CCCC1C(=O)O. The molecule has 10 nitrogen and oxygen atoms in total. The van der Waals surface area contributed by atoms with Gasteiger partial charge in [-0.3, -0.25) is 4.79 Å². The second-order valence-corrected chi connectivity index (χ2v) is 9.65. The molecule has 1 fully saturated rings. The highest BCUT2D eigenvalue weighted by atomic mass is 16.6. The predicted molar refractivity (Wildman–Crippen MR) is 114 cm³/mol. The summed E-state index contributed by atoms with van der Waals surface area (Å²) in [6.07, 6.45) is 1.10. The van der Waals surface area contributed by atoms with Crippen molar-refractivity contribution in [3.63, 3.8) is 0 Å². The average Bonchev–Trinajstić information content (AvgIpc) is 3.06. The lowest BCUT2D eigenvalue weighted by Gasteiger charge is -2.28. The molecule has 31 heavy (non-hydrogen) atoms. The molecule has 2 atom stereocenters. The molecule has 0 aliphatic carbocycles. The van der Waals surface area contributed by atoms with Crippen LogP contribution in [0.1, 0.15) is 73.6 Å². The molecule has 0 radical (unpaired) electrons. The number of hydrogen-bond acceptors (Lipinski definition) is 6. The highest BCUT2D eigenvalue weighted by molar-refractivity contribution is 5.89. The number of ether oxygens (including phenoxy) is 2. The zero-order valence-corrected chi connectivity index (χ0v) is 19.4. The van der Waals surface area contributed by atoms with Crippen LogP contribution in [0.4, 0.5) is 9.59 Å². The van der Waals surface area contributed by atoms with Gasteiger partial charge in [0, 0.05) is 13.1 Å². The van der Waals surface area contributed by atoms with Crippen LogP contribution in [0.3, 0.4) is 0 Å². The van der Waals surface area contributed by atoms with Gasteiger partial charge in [0.25, 0.3) is 0 Å². The van der Waals surface area contributed by atoms with Gasteiger partial charge in [-0.1, -0.05) is 0 Å². The number of nitrogens with one attached hydrogen (secondary N) is 2. The number of alkyl carbamates (subject to hydrolysis) is 2. The van der Waals surface area contributed by atoms with Gasteiger partial charge in [0.05, 0.1) is 0 Å². The standard InChI is InChI=1S/C21H37N3O7/c1-20(2,3)30-18(28)22-12-8-7-10-14(23-19(29)31-21(4,5)6)16(25)24-13-9-11-15(24)17(26)27/h14-15H,7-13H2,1-6H3,(H,22,28)(H,23,29)(H,26,27). The predicted octanol–water partition coefficient (Wildman–Crippen LogP) is 2.65. The second kappa shape index (κ2) is 11.2. The summed E-state index contributed by atoms with van der Waals surface area (Å²) in [5.74, 6) is -1.49. The van der Waals surface area contributed by atoms with Crippen LogP contribution in [0.5, 0.6) is 0 Å². The maximum atomic E-state index is 13.0. The minimum absolute atomic E-state index is 0.289. The van der Waals surface area contributed by atoms with Crippen LogP contribution >= 0.6 is 0 Å². The molecule has 1 aliphatic heterocycles. The van der Waals surface area contributed by atoms with Gasteiger partial charge in [0.2, 0.25) is 5.91 Å². The Hall–Kier alpha value is -2.52. The Morgan fingerprint density at radius 2 is 1.58 bits per heavy atom. The summed E-state index contributed by atoms with van der Waals surface area (Å²) in [7, 11) is 0. The number of rotatable bonds is 8. The van der Waals surface area contributed by atoms with Gasteiger partial charge >= 0.3 is 18.2 Å². The number of carboxylic acid groups (broad SMARTS) is 1. The Balaban J connectivity index is 2.66. The second-order valence-electron chi connectivity index (χ2n) is 9.65. The van der Waals surface area contributed by atoms with E-state index in [0.29, 0.717) is 38.8 Å². The molecule has 1 aliphatic rings. The van der Waals surface area contributed by atoms with E-state index in [1.807, 2.05) is 0 Å². The summed E-state index contributed by atoms with van der Waals surface area (Å²) in [4.78, 5) is 49.7. The van der Waals surface area contributed by atoms with Crippen LogP contribution < -0.4 is 10.6 Å². The molecule has 0 aromatic carbocycles. The van der Waals surface area contributed by atoms with Crippen molar-refractivity contribution in [2.45, 2.75) is 96.9 Å². The van der Waals surface area contributed by atoms with E-state index in [0.717, 1.165) is 0 Å². The summed E-state index contributed by atoms with van der Waals surface area (Å²) in [5, 5.41) is 14.6. The normalized spacial score (nSPS) is 17.6. The van der Waals surface area contributed by atoms with Gasteiger partial charge in [0.15, 0.2) is 0 Å². The average molecular weight is 444 g/mol. The van der Waals surface area contributed by atoms with Gasteiger partial charge in [-0.25, -0.2) is 14.4 Å². The molecule has 178 valence electrons. The molecule has 1 saturated heterocycles. The number of aliphatic carboxylic acids is 1. The van der Waals surface area contributed by atoms with E-state index in [1.54, 1.807) is 41.5 Å². The Morgan fingerprint density at radius 1 is 1.00 bits per heavy atom. The number of unbranched alkanes of at least 4 members (excludes halogenated alkanes) is 1. The van der Waals surface area contributed by atoms with Crippen molar-refractivity contribution in [2.75, 3.05) is 13.1 Å². The van der Waals surface area contributed by atoms with E-state index in [4.69, 9.17) is 9.47 Å². The lowest BCUT2D eigenvalue weighted by atomic mass is 10.1. The van der Waals surface area contributed by atoms with Crippen molar-refractivity contribution < 1.29 is 33.8 Å². The van der Waals surface area contributed by atoms with Crippen LogP contribution in [0.2, 0.25) is 0 Å². The zero-order valence-electron chi connectivity index (χ0n) is 19.4. The fourth-order valence-corrected chi connectivity index (χ4v) is 3.17. The van der Waals surface area contributed by atoms with Gasteiger partial charge in [-0.2, -0.15) is 0 Å². The van der Waals surface area contributed by atoms with Gasteiger partial charge < -0.3 is 30.1 Å². The maximum absolute atomic E-state index is 13.0. The number of amides is 3. The fraction of sp³-hybridized carbons (Fsp3) is 0.810. The third kappa shape index (κ3) is 10.4. The molecule has 0 aromatic heterocycles. The molecule has 1 heterocycles. The Labute approximate surface area is 184 Å². The summed E-state index contributed by atoms with van der Waals surface area (Å²) in [5.41, 5.74) is -1.32. The zero-order chi connectivity index (χ0) is 23.8. The summed E-state index contributed by atoms with van der Waals surface area (Å²) in [6.45, 7) is 11.1. The van der Waals surface area contributed by atoms with E-state index < -0.39 is 47.3 Å². The minimum Gasteiger partial charge on any atom is -0.480 e. The molecule has 2 unspecified atom stereocenters. The van der Waals surface area contributed by atoms with Crippen LogP contribution in [0.15, 0.2) is 0 Å². The first-order chi connectivity index (χ1) is 14.2. The number of carbonyl (C=O) groups excluding carboxylic acids is 3. The van der Waals surface area contributed by atoms with Crippen molar-refractivity contribution in [2.24, 2.45) is 0 Å².